The molecule has 0 aliphatic carbocycles. The molecule has 0 aliphatic rings. The van der Waals surface area contributed by atoms with Crippen LogP contribution in [0.1, 0.15) is 26.3 Å². The zero-order valence-corrected chi connectivity index (χ0v) is 15.9. The van der Waals surface area contributed by atoms with Crippen LogP contribution < -0.4 is 10.6 Å². The molecule has 0 aromatic heterocycles. The van der Waals surface area contributed by atoms with Crippen LogP contribution in [0.5, 0.6) is 0 Å². The van der Waals surface area contributed by atoms with Gasteiger partial charge in [0.1, 0.15) is 0 Å². The third-order valence-electron chi connectivity index (χ3n) is 3.85. The summed E-state index contributed by atoms with van der Waals surface area (Å²) in [7, 11) is 0. The summed E-state index contributed by atoms with van der Waals surface area (Å²) in [5.41, 5.74) is 2.78. The van der Waals surface area contributed by atoms with Gasteiger partial charge in [0, 0.05) is 21.2 Å². The summed E-state index contributed by atoms with van der Waals surface area (Å²) in [6, 6.07) is 18.7. The monoisotopic (exact) mass is 398 g/mol. The number of aryl methyl sites for hydroxylation is 1. The average Bonchev–Trinajstić information content (AvgIpc) is 2.64. The van der Waals surface area contributed by atoms with Crippen molar-refractivity contribution in [2.45, 2.75) is 6.92 Å². The van der Waals surface area contributed by atoms with Crippen molar-refractivity contribution in [2.24, 2.45) is 0 Å². The molecule has 136 valence electrons. The minimum atomic E-state index is -0.320. The predicted molar refractivity (Wildman–Crippen MR) is 110 cm³/mol. The second kappa shape index (κ2) is 8.25. The molecule has 0 fully saturated rings. The molecular formula is C21H16Cl2N2O2. The van der Waals surface area contributed by atoms with Crippen LogP contribution in [0.25, 0.3) is 0 Å². The first-order valence-corrected chi connectivity index (χ1v) is 8.92. The summed E-state index contributed by atoms with van der Waals surface area (Å²) in [5, 5.41) is 6.58. The molecule has 0 heterocycles. The summed E-state index contributed by atoms with van der Waals surface area (Å²) in [6.45, 7) is 1.90. The predicted octanol–water partition coefficient (Wildman–Crippen LogP) is 5.81. The molecule has 0 saturated heterocycles. The van der Waals surface area contributed by atoms with Gasteiger partial charge in [0.05, 0.1) is 11.4 Å². The maximum Gasteiger partial charge on any atom is 0.255 e. The van der Waals surface area contributed by atoms with Gasteiger partial charge in [-0.2, -0.15) is 0 Å². The van der Waals surface area contributed by atoms with Gasteiger partial charge in [0.15, 0.2) is 0 Å². The van der Waals surface area contributed by atoms with E-state index in [2.05, 4.69) is 10.6 Å². The van der Waals surface area contributed by atoms with Crippen LogP contribution in [-0.2, 0) is 0 Å². The van der Waals surface area contributed by atoms with Crippen molar-refractivity contribution in [2.75, 3.05) is 10.6 Å². The highest BCUT2D eigenvalue weighted by atomic mass is 35.5. The zero-order valence-electron chi connectivity index (χ0n) is 14.4. The van der Waals surface area contributed by atoms with Crippen molar-refractivity contribution in [3.8, 4) is 0 Å². The molecule has 3 aromatic carbocycles. The molecule has 0 radical (unpaired) electrons. The fraction of sp³-hybridized carbons (Fsp3) is 0.0476. The molecule has 2 amide bonds. The molecule has 0 spiro atoms. The number of nitrogens with one attached hydrogen (secondary N) is 2. The van der Waals surface area contributed by atoms with Gasteiger partial charge in [-0.1, -0.05) is 41.4 Å². The van der Waals surface area contributed by atoms with Crippen LogP contribution in [0.4, 0.5) is 11.4 Å². The lowest BCUT2D eigenvalue weighted by Gasteiger charge is -2.14. The van der Waals surface area contributed by atoms with E-state index >= 15 is 0 Å². The van der Waals surface area contributed by atoms with E-state index in [-0.39, 0.29) is 11.8 Å². The average molecular weight is 399 g/mol. The van der Waals surface area contributed by atoms with E-state index in [4.69, 9.17) is 23.2 Å². The molecule has 3 rings (SSSR count). The third kappa shape index (κ3) is 4.88. The van der Waals surface area contributed by atoms with Crippen molar-refractivity contribution in [1.82, 2.24) is 0 Å². The number of benzene rings is 3. The Hall–Kier alpha value is -2.82. The largest absolute Gasteiger partial charge is 0.320 e. The minimum absolute atomic E-state index is 0.318. The number of carbonyl (C=O) groups excluding carboxylic acids is 2. The minimum Gasteiger partial charge on any atom is -0.320 e. The topological polar surface area (TPSA) is 58.2 Å². The zero-order chi connectivity index (χ0) is 19.4. The highest BCUT2D eigenvalue weighted by Crippen LogP contribution is 2.25. The van der Waals surface area contributed by atoms with Crippen LogP contribution in [0, 0.1) is 6.92 Å². The Balaban J connectivity index is 1.85. The van der Waals surface area contributed by atoms with Gasteiger partial charge in [-0.3, -0.25) is 9.59 Å². The van der Waals surface area contributed by atoms with Crippen LogP contribution in [0.3, 0.4) is 0 Å². The van der Waals surface area contributed by atoms with Crippen molar-refractivity contribution in [3.05, 3.63) is 93.5 Å². The van der Waals surface area contributed by atoms with Gasteiger partial charge < -0.3 is 10.6 Å². The van der Waals surface area contributed by atoms with Gasteiger partial charge in [-0.05, 0) is 61.0 Å². The van der Waals surface area contributed by atoms with Crippen LogP contribution in [0.15, 0.2) is 66.7 Å². The van der Waals surface area contributed by atoms with Gasteiger partial charge >= 0.3 is 0 Å². The lowest BCUT2D eigenvalue weighted by molar-refractivity contribution is 0.101. The van der Waals surface area contributed by atoms with E-state index in [1.54, 1.807) is 60.7 Å². The molecule has 4 nitrogen and oxygen atoms in total. The lowest BCUT2D eigenvalue weighted by atomic mass is 10.1. The summed E-state index contributed by atoms with van der Waals surface area (Å²) in [4.78, 5) is 25.0. The third-order valence-corrected chi connectivity index (χ3v) is 4.32. The standard InChI is InChI=1S/C21H16Cl2N2O2/c1-13-8-9-18(24-20(26)14-4-2-6-16(22)11-14)19(10-13)25-21(27)15-5-3-7-17(23)12-15/h2-12H,1H3,(H,24,26)(H,25,27). The number of hydrogen-bond acceptors (Lipinski definition) is 2. The quantitative estimate of drug-likeness (QED) is 0.582. The summed E-state index contributed by atoms with van der Waals surface area (Å²) in [5.74, 6) is -0.638. The van der Waals surface area contributed by atoms with E-state index in [0.717, 1.165) is 5.56 Å². The highest BCUT2D eigenvalue weighted by Gasteiger charge is 2.13. The Morgan fingerprint density at radius 3 is 1.74 bits per heavy atom. The van der Waals surface area contributed by atoms with E-state index in [0.29, 0.717) is 32.5 Å². The molecule has 0 atom stereocenters. The number of rotatable bonds is 4. The molecule has 6 heteroatoms. The fourth-order valence-corrected chi connectivity index (χ4v) is 2.90. The second-order valence-electron chi connectivity index (χ2n) is 5.98. The number of hydrogen-bond donors (Lipinski definition) is 2. The Morgan fingerprint density at radius 1 is 0.704 bits per heavy atom. The molecule has 0 unspecified atom stereocenters. The molecule has 0 saturated carbocycles. The summed E-state index contributed by atoms with van der Waals surface area (Å²) >= 11 is 11.9. The maximum atomic E-state index is 12.5. The van der Waals surface area contributed by atoms with Gasteiger partial charge in [0.25, 0.3) is 11.8 Å². The van der Waals surface area contributed by atoms with Crippen LogP contribution in [0.2, 0.25) is 10.0 Å². The lowest BCUT2D eigenvalue weighted by Crippen LogP contribution is -2.17. The van der Waals surface area contributed by atoms with Crippen molar-refractivity contribution < 1.29 is 9.59 Å². The van der Waals surface area contributed by atoms with Crippen LogP contribution >= 0.6 is 23.2 Å². The van der Waals surface area contributed by atoms with Crippen molar-refractivity contribution >= 4 is 46.4 Å². The second-order valence-corrected chi connectivity index (χ2v) is 6.85. The number of amides is 2. The van der Waals surface area contributed by atoms with Gasteiger partial charge in [-0.15, -0.1) is 0 Å². The molecule has 3 aromatic rings. The number of halogens is 2. The molecule has 2 N–H and O–H groups in total. The highest BCUT2D eigenvalue weighted by molar-refractivity contribution is 6.31. The van der Waals surface area contributed by atoms with Crippen LogP contribution in [-0.4, -0.2) is 11.8 Å². The van der Waals surface area contributed by atoms with Crippen molar-refractivity contribution in [3.63, 3.8) is 0 Å². The molecular weight excluding hydrogens is 383 g/mol. The van der Waals surface area contributed by atoms with Gasteiger partial charge in [0.2, 0.25) is 0 Å². The first-order valence-electron chi connectivity index (χ1n) is 8.17. The first-order chi connectivity index (χ1) is 12.9. The Labute approximate surface area is 167 Å². The summed E-state index contributed by atoms with van der Waals surface area (Å²) < 4.78 is 0. The Kier molecular flexibility index (Phi) is 5.79. The maximum absolute atomic E-state index is 12.5. The molecule has 0 aliphatic heterocycles. The Morgan fingerprint density at radius 2 is 1.22 bits per heavy atom. The molecule has 27 heavy (non-hydrogen) atoms. The van der Waals surface area contributed by atoms with E-state index in [1.165, 1.54) is 0 Å². The summed E-state index contributed by atoms with van der Waals surface area (Å²) in [6.07, 6.45) is 0. The van der Waals surface area contributed by atoms with Gasteiger partial charge in [-0.25, -0.2) is 0 Å². The number of carbonyl (C=O) groups is 2. The normalized spacial score (nSPS) is 10.3. The smallest absolute Gasteiger partial charge is 0.255 e. The Bertz CT molecular complexity index is 1020. The van der Waals surface area contributed by atoms with E-state index in [9.17, 15) is 9.59 Å². The first kappa shape index (κ1) is 19.0. The fourth-order valence-electron chi connectivity index (χ4n) is 2.52. The van der Waals surface area contributed by atoms with Crippen molar-refractivity contribution in [1.29, 1.82) is 0 Å². The molecule has 0 bridgehead atoms. The van der Waals surface area contributed by atoms with E-state index < -0.39 is 0 Å². The SMILES string of the molecule is Cc1ccc(NC(=O)c2cccc(Cl)c2)c(NC(=O)c2cccc(Cl)c2)c1. The number of anilines is 2. The van der Waals surface area contributed by atoms with E-state index in [1.807, 2.05) is 13.0 Å².